The summed E-state index contributed by atoms with van der Waals surface area (Å²) in [5.41, 5.74) is 0. The molecule has 0 aromatic rings. The summed E-state index contributed by atoms with van der Waals surface area (Å²) in [5.74, 6) is 0.511. The molecule has 144 valence electrons. The van der Waals surface area contributed by atoms with Gasteiger partial charge in [0.05, 0.1) is 6.10 Å². The van der Waals surface area contributed by atoms with Gasteiger partial charge in [0.2, 0.25) is 0 Å². The molecule has 0 radical (unpaired) electrons. The molecule has 2 heteroatoms. The van der Waals surface area contributed by atoms with E-state index in [1.54, 1.807) is 0 Å². The van der Waals surface area contributed by atoms with Crippen molar-refractivity contribution in [2.24, 2.45) is 5.92 Å². The number of aliphatic hydroxyl groups is 1. The first-order chi connectivity index (χ1) is 11.7. The van der Waals surface area contributed by atoms with Crippen LogP contribution in [0.4, 0.5) is 0 Å². The van der Waals surface area contributed by atoms with Gasteiger partial charge in [-0.15, -0.1) is 0 Å². The van der Waals surface area contributed by atoms with Crippen LogP contribution < -0.4 is 0 Å². The van der Waals surface area contributed by atoms with Crippen molar-refractivity contribution in [3.05, 3.63) is 0 Å². The average molecular weight is 340 g/mol. The molecule has 0 amide bonds. The van der Waals surface area contributed by atoms with Crippen molar-refractivity contribution in [1.29, 1.82) is 0 Å². The van der Waals surface area contributed by atoms with E-state index >= 15 is 0 Å². The summed E-state index contributed by atoms with van der Waals surface area (Å²) in [4.78, 5) is 2.37. The van der Waals surface area contributed by atoms with E-state index in [0.29, 0.717) is 12.0 Å². The third-order valence-corrected chi connectivity index (χ3v) is 6.04. The second-order valence-corrected chi connectivity index (χ2v) is 8.37. The lowest BCUT2D eigenvalue weighted by atomic mass is 9.79. The van der Waals surface area contributed by atoms with Crippen LogP contribution in [0.2, 0.25) is 0 Å². The molecule has 1 saturated carbocycles. The molecule has 1 fully saturated rings. The standard InChI is InChI=1S/C22H45NO/c1-4-5-6-7-8-9-10-11-12-13-14-18-21(23(2)3)20-17-15-16-19-22(20)24/h20-22,24H,4-19H2,1-3H3. The van der Waals surface area contributed by atoms with E-state index in [-0.39, 0.29) is 6.10 Å². The topological polar surface area (TPSA) is 23.5 Å². The lowest BCUT2D eigenvalue weighted by Gasteiger charge is -2.38. The Morgan fingerprint density at radius 3 is 1.79 bits per heavy atom. The van der Waals surface area contributed by atoms with Crippen molar-refractivity contribution in [3.8, 4) is 0 Å². The van der Waals surface area contributed by atoms with Crippen LogP contribution in [-0.4, -0.2) is 36.2 Å². The van der Waals surface area contributed by atoms with E-state index in [4.69, 9.17) is 0 Å². The molecule has 0 spiro atoms. The fourth-order valence-electron chi connectivity index (χ4n) is 4.46. The molecule has 2 nitrogen and oxygen atoms in total. The molecule has 3 unspecified atom stereocenters. The van der Waals surface area contributed by atoms with Crippen molar-refractivity contribution in [2.75, 3.05) is 14.1 Å². The summed E-state index contributed by atoms with van der Waals surface area (Å²) in [5, 5.41) is 10.3. The van der Waals surface area contributed by atoms with Crippen LogP contribution in [-0.2, 0) is 0 Å². The summed E-state index contributed by atoms with van der Waals surface area (Å²) in [6.07, 6.45) is 21.5. The zero-order valence-corrected chi connectivity index (χ0v) is 16.9. The summed E-state index contributed by atoms with van der Waals surface area (Å²) in [6.45, 7) is 2.29. The Balaban J connectivity index is 2.03. The highest BCUT2D eigenvalue weighted by Gasteiger charge is 2.31. The van der Waals surface area contributed by atoms with Crippen LogP contribution >= 0.6 is 0 Å². The summed E-state index contributed by atoms with van der Waals surface area (Å²) < 4.78 is 0. The fraction of sp³-hybridized carbons (Fsp3) is 1.00. The SMILES string of the molecule is CCCCCCCCCCCCCC(C1CCCCC1O)N(C)C. The van der Waals surface area contributed by atoms with Gasteiger partial charge in [0.25, 0.3) is 0 Å². The fourth-order valence-corrected chi connectivity index (χ4v) is 4.46. The van der Waals surface area contributed by atoms with Crippen molar-refractivity contribution >= 4 is 0 Å². The first kappa shape index (κ1) is 22.0. The van der Waals surface area contributed by atoms with E-state index in [2.05, 4.69) is 25.9 Å². The van der Waals surface area contributed by atoms with Crippen LogP contribution in [0.3, 0.4) is 0 Å². The molecule has 0 aliphatic heterocycles. The molecule has 1 N–H and O–H groups in total. The zero-order chi connectivity index (χ0) is 17.6. The zero-order valence-electron chi connectivity index (χ0n) is 16.9. The van der Waals surface area contributed by atoms with Gasteiger partial charge in [0.15, 0.2) is 0 Å². The summed E-state index contributed by atoms with van der Waals surface area (Å²) >= 11 is 0. The molecule has 0 aromatic carbocycles. The summed E-state index contributed by atoms with van der Waals surface area (Å²) in [7, 11) is 4.40. The van der Waals surface area contributed by atoms with Crippen LogP contribution in [0, 0.1) is 5.92 Å². The Labute approximate surface area is 152 Å². The minimum atomic E-state index is -0.0566. The third kappa shape index (κ3) is 9.42. The van der Waals surface area contributed by atoms with Gasteiger partial charge in [-0.1, -0.05) is 90.4 Å². The van der Waals surface area contributed by atoms with Gasteiger partial charge in [-0.3, -0.25) is 0 Å². The quantitative estimate of drug-likeness (QED) is 0.383. The molecule has 1 rings (SSSR count). The average Bonchev–Trinajstić information content (AvgIpc) is 2.57. The monoisotopic (exact) mass is 339 g/mol. The van der Waals surface area contributed by atoms with Crippen LogP contribution in [0.5, 0.6) is 0 Å². The van der Waals surface area contributed by atoms with Crippen LogP contribution in [0.25, 0.3) is 0 Å². The van der Waals surface area contributed by atoms with Gasteiger partial charge in [-0.25, -0.2) is 0 Å². The number of hydrogen-bond acceptors (Lipinski definition) is 2. The molecule has 0 bridgehead atoms. The van der Waals surface area contributed by atoms with Crippen molar-refractivity contribution in [1.82, 2.24) is 4.90 Å². The molecular formula is C22H45NO. The number of hydrogen-bond donors (Lipinski definition) is 1. The Hall–Kier alpha value is -0.0800. The second-order valence-electron chi connectivity index (χ2n) is 8.37. The highest BCUT2D eigenvalue weighted by atomic mass is 16.3. The van der Waals surface area contributed by atoms with Crippen molar-refractivity contribution < 1.29 is 5.11 Å². The maximum atomic E-state index is 10.3. The van der Waals surface area contributed by atoms with Crippen LogP contribution in [0.1, 0.15) is 110 Å². The number of rotatable bonds is 14. The normalized spacial score (nSPS) is 22.9. The Bertz CT molecular complexity index is 279. The molecule has 24 heavy (non-hydrogen) atoms. The minimum absolute atomic E-state index is 0.0566. The second kappa shape index (κ2) is 14.1. The maximum absolute atomic E-state index is 10.3. The first-order valence-electron chi connectivity index (χ1n) is 11.0. The molecule has 1 aliphatic carbocycles. The molecule has 3 atom stereocenters. The van der Waals surface area contributed by atoms with Crippen LogP contribution in [0.15, 0.2) is 0 Å². The van der Waals surface area contributed by atoms with Crippen molar-refractivity contribution in [3.63, 3.8) is 0 Å². The van der Waals surface area contributed by atoms with Crippen molar-refractivity contribution in [2.45, 2.75) is 122 Å². The first-order valence-corrected chi connectivity index (χ1v) is 11.0. The van der Waals surface area contributed by atoms with Gasteiger partial charge >= 0.3 is 0 Å². The van der Waals surface area contributed by atoms with Gasteiger partial charge < -0.3 is 10.0 Å². The number of nitrogens with zero attached hydrogens (tertiary/aromatic N) is 1. The molecular weight excluding hydrogens is 294 g/mol. The smallest absolute Gasteiger partial charge is 0.0583 e. The highest BCUT2D eigenvalue weighted by molar-refractivity contribution is 4.84. The molecule has 0 heterocycles. The minimum Gasteiger partial charge on any atom is -0.393 e. The number of unbranched alkanes of at least 4 members (excludes halogenated alkanes) is 10. The highest BCUT2D eigenvalue weighted by Crippen LogP contribution is 2.31. The lowest BCUT2D eigenvalue weighted by Crippen LogP contribution is -2.42. The molecule has 1 aliphatic rings. The lowest BCUT2D eigenvalue weighted by molar-refractivity contribution is 0.0194. The van der Waals surface area contributed by atoms with E-state index in [0.717, 1.165) is 6.42 Å². The van der Waals surface area contributed by atoms with Gasteiger partial charge in [-0.05, 0) is 33.4 Å². The summed E-state index contributed by atoms with van der Waals surface area (Å²) in [6, 6.07) is 0.582. The largest absolute Gasteiger partial charge is 0.393 e. The predicted molar refractivity (Wildman–Crippen MR) is 107 cm³/mol. The van der Waals surface area contributed by atoms with E-state index in [9.17, 15) is 5.11 Å². The van der Waals surface area contributed by atoms with Gasteiger partial charge in [0, 0.05) is 12.0 Å². The maximum Gasteiger partial charge on any atom is 0.0583 e. The van der Waals surface area contributed by atoms with E-state index < -0.39 is 0 Å². The van der Waals surface area contributed by atoms with Gasteiger partial charge in [-0.2, -0.15) is 0 Å². The van der Waals surface area contributed by atoms with E-state index in [1.807, 2.05) is 0 Å². The Kier molecular flexibility index (Phi) is 12.9. The third-order valence-electron chi connectivity index (χ3n) is 6.04. The predicted octanol–water partition coefficient (Wildman–Crippen LogP) is 6.17. The molecule has 0 aromatic heterocycles. The van der Waals surface area contributed by atoms with E-state index in [1.165, 1.54) is 96.3 Å². The Morgan fingerprint density at radius 1 is 0.792 bits per heavy atom. The number of aliphatic hydroxyl groups excluding tert-OH is 1. The molecule has 0 saturated heterocycles. The Morgan fingerprint density at radius 2 is 1.29 bits per heavy atom. The van der Waals surface area contributed by atoms with Gasteiger partial charge in [0.1, 0.15) is 0 Å².